The van der Waals surface area contributed by atoms with Crippen LogP contribution in [0.15, 0.2) is 46.7 Å². The second-order valence-corrected chi connectivity index (χ2v) is 6.40. The number of carbonyl (C=O) groups excluding carboxylic acids is 1. The molecule has 6 nitrogen and oxygen atoms in total. The topological polar surface area (TPSA) is 69.9 Å². The molecule has 3 rings (SSSR count). The zero-order valence-corrected chi connectivity index (χ0v) is 14.5. The van der Waals surface area contributed by atoms with Crippen LogP contribution in [0.25, 0.3) is 4.96 Å². The monoisotopic (exact) mass is 398 g/mol. The smallest absolute Gasteiger partial charge is 0.411 e. The van der Waals surface area contributed by atoms with Crippen molar-refractivity contribution >= 4 is 22.3 Å². The molecule has 0 spiro atoms. The molecule has 0 aliphatic carbocycles. The molecule has 0 bridgehead atoms. The molecule has 10 heteroatoms. The minimum atomic E-state index is -4.38. The summed E-state index contributed by atoms with van der Waals surface area (Å²) in [6.07, 6.45) is -2.78. The summed E-state index contributed by atoms with van der Waals surface area (Å²) >= 11 is 1.28. The average molecular weight is 398 g/mol. The Bertz CT molecular complexity index is 996. The van der Waals surface area contributed by atoms with E-state index in [1.165, 1.54) is 46.1 Å². The number of fused-ring (bicyclic) bond motifs is 1. The molecule has 3 aromatic rings. The van der Waals surface area contributed by atoms with Crippen LogP contribution in [0, 0.1) is 0 Å². The van der Waals surface area contributed by atoms with Gasteiger partial charge in [0.1, 0.15) is 13.2 Å². The van der Waals surface area contributed by atoms with Crippen molar-refractivity contribution in [2.45, 2.75) is 19.4 Å². The second-order valence-electron chi connectivity index (χ2n) is 5.52. The number of halogens is 3. The summed E-state index contributed by atoms with van der Waals surface area (Å²) < 4.78 is 47.2. The SMILES string of the molecule is O=C(OCc1cc(=O)n2ccsc2n1)c1ccc(COCC(F)(F)F)cc1. The molecule has 0 atom stereocenters. The molecule has 0 N–H and O–H groups in total. The summed E-state index contributed by atoms with van der Waals surface area (Å²) in [7, 11) is 0. The lowest BCUT2D eigenvalue weighted by Crippen LogP contribution is -2.16. The van der Waals surface area contributed by atoms with Crippen LogP contribution < -0.4 is 5.56 Å². The normalized spacial score (nSPS) is 11.7. The van der Waals surface area contributed by atoms with E-state index in [1.807, 2.05) is 0 Å². The van der Waals surface area contributed by atoms with Crippen LogP contribution in [0.1, 0.15) is 21.6 Å². The fraction of sp³-hybridized carbons (Fsp3) is 0.235. The van der Waals surface area contributed by atoms with Crippen LogP contribution >= 0.6 is 11.3 Å². The van der Waals surface area contributed by atoms with Crippen molar-refractivity contribution in [1.29, 1.82) is 0 Å². The number of rotatable bonds is 6. The predicted octanol–water partition coefficient (Wildman–Crippen LogP) is 3.19. The van der Waals surface area contributed by atoms with Crippen LogP contribution in [0.3, 0.4) is 0 Å². The average Bonchev–Trinajstić information content (AvgIpc) is 3.08. The molecule has 0 saturated carbocycles. The molecule has 0 saturated heterocycles. The zero-order chi connectivity index (χ0) is 19.4. The molecule has 0 unspecified atom stereocenters. The molecule has 0 aliphatic heterocycles. The van der Waals surface area contributed by atoms with Gasteiger partial charge in [0.05, 0.1) is 17.9 Å². The highest BCUT2D eigenvalue weighted by molar-refractivity contribution is 7.15. The Balaban J connectivity index is 1.56. The highest BCUT2D eigenvalue weighted by Gasteiger charge is 2.27. The molecule has 2 aromatic heterocycles. The summed E-state index contributed by atoms with van der Waals surface area (Å²) in [5.41, 5.74) is 0.778. The third kappa shape index (κ3) is 5.14. The van der Waals surface area contributed by atoms with Crippen molar-refractivity contribution in [2.75, 3.05) is 6.61 Å². The first-order valence-electron chi connectivity index (χ1n) is 7.68. The van der Waals surface area contributed by atoms with E-state index in [0.717, 1.165) is 0 Å². The lowest BCUT2D eigenvalue weighted by atomic mass is 10.1. The lowest BCUT2D eigenvalue weighted by molar-refractivity contribution is -0.176. The van der Waals surface area contributed by atoms with Crippen LogP contribution in [0.5, 0.6) is 0 Å². The van der Waals surface area contributed by atoms with Crippen molar-refractivity contribution in [3.8, 4) is 0 Å². The molecule has 1 aromatic carbocycles. The van der Waals surface area contributed by atoms with E-state index in [9.17, 15) is 22.8 Å². The number of esters is 1. The van der Waals surface area contributed by atoms with E-state index in [4.69, 9.17) is 4.74 Å². The molecule has 27 heavy (non-hydrogen) atoms. The number of alkyl halides is 3. The number of hydrogen-bond acceptors (Lipinski definition) is 6. The summed E-state index contributed by atoms with van der Waals surface area (Å²) in [4.78, 5) is 28.7. The van der Waals surface area contributed by atoms with Crippen LogP contribution in [0.2, 0.25) is 0 Å². The van der Waals surface area contributed by atoms with E-state index in [2.05, 4.69) is 9.72 Å². The highest BCUT2D eigenvalue weighted by atomic mass is 32.1. The first-order chi connectivity index (χ1) is 12.8. The van der Waals surface area contributed by atoms with Crippen LogP contribution in [0.4, 0.5) is 13.2 Å². The van der Waals surface area contributed by atoms with Crippen molar-refractivity contribution in [3.63, 3.8) is 0 Å². The van der Waals surface area contributed by atoms with Gasteiger partial charge in [-0.25, -0.2) is 9.78 Å². The van der Waals surface area contributed by atoms with Gasteiger partial charge in [-0.2, -0.15) is 13.2 Å². The fourth-order valence-electron chi connectivity index (χ4n) is 2.21. The van der Waals surface area contributed by atoms with E-state index < -0.39 is 18.8 Å². The molecular weight excluding hydrogens is 385 g/mol. The number of nitrogens with zero attached hydrogens (tertiary/aromatic N) is 2. The number of ether oxygens (including phenoxy) is 2. The third-order valence-electron chi connectivity index (χ3n) is 3.43. The lowest BCUT2D eigenvalue weighted by Gasteiger charge is -2.08. The predicted molar refractivity (Wildman–Crippen MR) is 90.6 cm³/mol. The maximum Gasteiger partial charge on any atom is 0.411 e. The Morgan fingerprint density at radius 2 is 1.93 bits per heavy atom. The zero-order valence-electron chi connectivity index (χ0n) is 13.7. The molecule has 0 fully saturated rings. The van der Waals surface area contributed by atoms with Gasteiger partial charge in [0.25, 0.3) is 5.56 Å². The number of benzene rings is 1. The molecule has 0 radical (unpaired) electrons. The maximum absolute atomic E-state index is 12.1. The Morgan fingerprint density at radius 1 is 1.19 bits per heavy atom. The Hall–Kier alpha value is -2.72. The summed E-state index contributed by atoms with van der Waals surface area (Å²) in [5, 5.41) is 1.72. The molecule has 2 heterocycles. The standard InChI is InChI=1S/C17H13F3N2O4S/c18-17(19,20)10-25-8-11-1-3-12(4-2-11)15(24)26-9-13-7-14(23)22-5-6-27-16(22)21-13/h1-7H,8-10H2. The largest absolute Gasteiger partial charge is 0.456 e. The second kappa shape index (κ2) is 7.89. The third-order valence-corrected chi connectivity index (χ3v) is 4.19. The van der Waals surface area contributed by atoms with E-state index in [-0.39, 0.29) is 24.3 Å². The highest BCUT2D eigenvalue weighted by Crippen LogP contribution is 2.16. The molecule has 0 aliphatic rings. The van der Waals surface area contributed by atoms with Gasteiger partial charge in [-0.05, 0) is 17.7 Å². The Kier molecular flexibility index (Phi) is 5.57. The van der Waals surface area contributed by atoms with Gasteiger partial charge in [-0.3, -0.25) is 9.20 Å². The molecular formula is C17H13F3N2O4S. The number of carbonyl (C=O) groups is 1. The maximum atomic E-state index is 12.1. The van der Waals surface area contributed by atoms with Gasteiger partial charge in [-0.1, -0.05) is 12.1 Å². The Labute approximate surface area is 154 Å². The molecule has 142 valence electrons. The van der Waals surface area contributed by atoms with E-state index in [0.29, 0.717) is 16.2 Å². The van der Waals surface area contributed by atoms with Gasteiger partial charge in [0.15, 0.2) is 4.96 Å². The minimum absolute atomic E-state index is 0.168. The van der Waals surface area contributed by atoms with Crippen molar-refractivity contribution in [2.24, 2.45) is 0 Å². The first-order valence-corrected chi connectivity index (χ1v) is 8.56. The summed E-state index contributed by atoms with van der Waals surface area (Å²) in [6, 6.07) is 7.11. The summed E-state index contributed by atoms with van der Waals surface area (Å²) in [6.45, 7) is -1.72. The van der Waals surface area contributed by atoms with Gasteiger partial charge >= 0.3 is 12.1 Å². The van der Waals surface area contributed by atoms with Gasteiger partial charge < -0.3 is 9.47 Å². The minimum Gasteiger partial charge on any atom is -0.456 e. The fourth-order valence-corrected chi connectivity index (χ4v) is 2.94. The number of aromatic nitrogens is 2. The van der Waals surface area contributed by atoms with Crippen molar-refractivity contribution in [3.05, 3.63) is 69.1 Å². The first kappa shape index (κ1) is 19.1. The number of thiazole rings is 1. The van der Waals surface area contributed by atoms with Crippen LogP contribution in [-0.4, -0.2) is 28.1 Å². The van der Waals surface area contributed by atoms with E-state index >= 15 is 0 Å². The quantitative estimate of drug-likeness (QED) is 0.597. The van der Waals surface area contributed by atoms with Gasteiger partial charge in [0.2, 0.25) is 0 Å². The number of hydrogen-bond donors (Lipinski definition) is 0. The summed E-state index contributed by atoms with van der Waals surface area (Å²) in [5.74, 6) is -0.633. The van der Waals surface area contributed by atoms with Gasteiger partial charge in [0, 0.05) is 17.6 Å². The molecule has 0 amide bonds. The van der Waals surface area contributed by atoms with Crippen molar-refractivity contribution < 1.29 is 27.4 Å². The van der Waals surface area contributed by atoms with Crippen molar-refractivity contribution in [1.82, 2.24) is 9.38 Å². The van der Waals surface area contributed by atoms with E-state index in [1.54, 1.807) is 11.6 Å². The van der Waals surface area contributed by atoms with Gasteiger partial charge in [-0.15, -0.1) is 11.3 Å². The van der Waals surface area contributed by atoms with Crippen LogP contribution in [-0.2, 0) is 22.7 Å². The Morgan fingerprint density at radius 3 is 2.63 bits per heavy atom.